The highest BCUT2D eigenvalue weighted by atomic mass is 16.5. The zero-order valence-electron chi connectivity index (χ0n) is 9.74. The standard InChI is InChI=1S/C10H13N3O5/c1-2-18-9(16)5-11-7(14)3-6-4-8(15)13-10(17)12-6/h4H,2-3,5H2,1H3,(H,11,14)(H2,12,13,15,17). The Balaban J connectivity index is 2.52. The summed E-state index contributed by atoms with van der Waals surface area (Å²) in [5.74, 6) is -1.05. The van der Waals surface area contributed by atoms with Crippen molar-refractivity contribution in [3.63, 3.8) is 0 Å². The van der Waals surface area contributed by atoms with E-state index in [1.54, 1.807) is 6.92 Å². The molecule has 1 aromatic heterocycles. The van der Waals surface area contributed by atoms with Crippen LogP contribution in [0.2, 0.25) is 0 Å². The fourth-order valence-electron chi connectivity index (χ4n) is 1.23. The Labute approximate surface area is 101 Å². The monoisotopic (exact) mass is 255 g/mol. The molecule has 0 bridgehead atoms. The van der Waals surface area contributed by atoms with E-state index in [1.807, 2.05) is 4.98 Å². The number of hydrogen-bond donors (Lipinski definition) is 3. The van der Waals surface area contributed by atoms with E-state index in [0.717, 1.165) is 6.07 Å². The third-order valence-electron chi connectivity index (χ3n) is 1.90. The zero-order chi connectivity index (χ0) is 13.5. The summed E-state index contributed by atoms with van der Waals surface area (Å²) >= 11 is 0. The van der Waals surface area contributed by atoms with Gasteiger partial charge in [-0.1, -0.05) is 0 Å². The van der Waals surface area contributed by atoms with E-state index in [-0.39, 0.29) is 25.3 Å². The molecule has 0 aliphatic rings. The molecule has 0 atom stereocenters. The molecule has 98 valence electrons. The number of amides is 1. The first-order valence-electron chi connectivity index (χ1n) is 5.26. The molecule has 0 saturated carbocycles. The van der Waals surface area contributed by atoms with Gasteiger partial charge in [0.25, 0.3) is 5.56 Å². The molecule has 1 amide bonds. The summed E-state index contributed by atoms with van der Waals surface area (Å²) in [5, 5.41) is 2.31. The van der Waals surface area contributed by atoms with Crippen molar-refractivity contribution < 1.29 is 14.3 Å². The summed E-state index contributed by atoms with van der Waals surface area (Å²) in [7, 11) is 0. The lowest BCUT2D eigenvalue weighted by Gasteiger charge is -2.04. The SMILES string of the molecule is CCOC(=O)CNC(=O)Cc1cc(=O)[nH]c(=O)[nH]1. The van der Waals surface area contributed by atoms with Crippen molar-refractivity contribution in [2.75, 3.05) is 13.2 Å². The normalized spacial score (nSPS) is 9.83. The summed E-state index contributed by atoms with van der Waals surface area (Å²) in [4.78, 5) is 48.5. The molecule has 1 rings (SSSR count). The van der Waals surface area contributed by atoms with Crippen molar-refractivity contribution in [3.8, 4) is 0 Å². The van der Waals surface area contributed by atoms with Gasteiger partial charge < -0.3 is 15.0 Å². The molecule has 3 N–H and O–H groups in total. The fraction of sp³-hybridized carbons (Fsp3) is 0.400. The molecule has 0 radical (unpaired) electrons. The molecule has 0 aromatic carbocycles. The van der Waals surface area contributed by atoms with Crippen LogP contribution in [-0.2, 0) is 20.7 Å². The van der Waals surface area contributed by atoms with Crippen LogP contribution in [0.25, 0.3) is 0 Å². The molecule has 1 heterocycles. The molecule has 18 heavy (non-hydrogen) atoms. The van der Waals surface area contributed by atoms with E-state index in [0.29, 0.717) is 0 Å². The smallest absolute Gasteiger partial charge is 0.325 e. The molecule has 8 heteroatoms. The maximum absolute atomic E-state index is 11.4. The summed E-state index contributed by atoms with van der Waals surface area (Å²) in [6.07, 6.45) is -0.196. The lowest BCUT2D eigenvalue weighted by atomic mass is 10.3. The largest absolute Gasteiger partial charge is 0.465 e. The fourth-order valence-corrected chi connectivity index (χ4v) is 1.23. The van der Waals surface area contributed by atoms with Crippen LogP contribution in [0.5, 0.6) is 0 Å². The van der Waals surface area contributed by atoms with Crippen LogP contribution in [0.1, 0.15) is 12.6 Å². The molecular weight excluding hydrogens is 242 g/mol. The van der Waals surface area contributed by atoms with Crippen LogP contribution >= 0.6 is 0 Å². The van der Waals surface area contributed by atoms with Crippen LogP contribution in [0.3, 0.4) is 0 Å². The second kappa shape index (κ2) is 6.38. The van der Waals surface area contributed by atoms with E-state index in [9.17, 15) is 19.2 Å². The minimum absolute atomic E-state index is 0.171. The summed E-state index contributed by atoms with van der Waals surface area (Å²) in [6, 6.07) is 1.10. The Kier molecular flexibility index (Phi) is 4.85. The Morgan fingerprint density at radius 2 is 2.06 bits per heavy atom. The maximum Gasteiger partial charge on any atom is 0.325 e. The van der Waals surface area contributed by atoms with Gasteiger partial charge in [-0.25, -0.2) is 4.79 Å². The van der Waals surface area contributed by atoms with Gasteiger partial charge in [-0.3, -0.25) is 19.4 Å². The predicted octanol–water partition coefficient (Wildman–Crippen LogP) is -1.71. The Morgan fingerprint density at radius 1 is 1.33 bits per heavy atom. The molecule has 0 fully saturated rings. The lowest BCUT2D eigenvalue weighted by Crippen LogP contribution is -2.33. The molecule has 0 aliphatic carbocycles. The van der Waals surface area contributed by atoms with Gasteiger partial charge in [-0.05, 0) is 6.92 Å². The number of aromatic amines is 2. The number of carbonyl (C=O) groups is 2. The first-order valence-corrected chi connectivity index (χ1v) is 5.26. The average molecular weight is 255 g/mol. The van der Waals surface area contributed by atoms with E-state index in [1.165, 1.54) is 0 Å². The molecule has 0 unspecified atom stereocenters. The van der Waals surface area contributed by atoms with Crippen molar-refractivity contribution in [3.05, 3.63) is 32.6 Å². The summed E-state index contributed by atoms with van der Waals surface area (Å²) < 4.78 is 4.61. The second-order valence-electron chi connectivity index (χ2n) is 3.37. The molecule has 0 aliphatic heterocycles. The maximum atomic E-state index is 11.4. The highest BCUT2D eigenvalue weighted by Crippen LogP contribution is 1.87. The molecule has 0 spiro atoms. The number of rotatable bonds is 5. The van der Waals surface area contributed by atoms with Crippen LogP contribution in [0.15, 0.2) is 15.7 Å². The van der Waals surface area contributed by atoms with Crippen molar-refractivity contribution in [2.45, 2.75) is 13.3 Å². The number of nitrogens with one attached hydrogen (secondary N) is 3. The average Bonchev–Trinajstić information content (AvgIpc) is 2.25. The van der Waals surface area contributed by atoms with E-state index in [4.69, 9.17) is 0 Å². The van der Waals surface area contributed by atoms with Crippen LogP contribution in [-0.4, -0.2) is 35.0 Å². The lowest BCUT2D eigenvalue weighted by molar-refractivity contribution is -0.143. The molecule has 8 nitrogen and oxygen atoms in total. The third kappa shape index (κ3) is 4.64. The predicted molar refractivity (Wildman–Crippen MR) is 61.0 cm³/mol. The highest BCUT2D eigenvalue weighted by Gasteiger charge is 2.08. The van der Waals surface area contributed by atoms with Crippen LogP contribution < -0.4 is 16.6 Å². The second-order valence-corrected chi connectivity index (χ2v) is 3.37. The topological polar surface area (TPSA) is 121 Å². The van der Waals surface area contributed by atoms with Crippen molar-refractivity contribution in [1.82, 2.24) is 15.3 Å². The third-order valence-corrected chi connectivity index (χ3v) is 1.90. The van der Waals surface area contributed by atoms with Gasteiger partial charge in [0.05, 0.1) is 13.0 Å². The van der Waals surface area contributed by atoms with Gasteiger partial charge >= 0.3 is 11.7 Å². The van der Waals surface area contributed by atoms with Gasteiger partial charge in [-0.15, -0.1) is 0 Å². The van der Waals surface area contributed by atoms with Crippen molar-refractivity contribution in [1.29, 1.82) is 0 Å². The minimum Gasteiger partial charge on any atom is -0.465 e. The number of esters is 1. The summed E-state index contributed by atoms with van der Waals surface area (Å²) in [5.41, 5.74) is -1.10. The number of aromatic nitrogens is 2. The Morgan fingerprint density at radius 3 is 2.67 bits per heavy atom. The van der Waals surface area contributed by atoms with Crippen molar-refractivity contribution >= 4 is 11.9 Å². The molecule has 1 aromatic rings. The van der Waals surface area contributed by atoms with Crippen LogP contribution in [0.4, 0.5) is 0 Å². The van der Waals surface area contributed by atoms with Gasteiger partial charge in [0.15, 0.2) is 0 Å². The van der Waals surface area contributed by atoms with Gasteiger partial charge in [0.1, 0.15) is 6.54 Å². The number of ether oxygens (including phenoxy) is 1. The number of carbonyl (C=O) groups excluding carboxylic acids is 2. The quantitative estimate of drug-likeness (QED) is 0.541. The first-order chi connectivity index (χ1) is 8.51. The Hall–Kier alpha value is -2.38. The van der Waals surface area contributed by atoms with Crippen molar-refractivity contribution in [2.24, 2.45) is 0 Å². The molecule has 0 saturated heterocycles. The van der Waals surface area contributed by atoms with E-state index >= 15 is 0 Å². The van der Waals surface area contributed by atoms with Gasteiger partial charge in [0, 0.05) is 11.8 Å². The molecular formula is C10H13N3O5. The minimum atomic E-state index is -0.685. The van der Waals surface area contributed by atoms with Gasteiger partial charge in [0.2, 0.25) is 5.91 Å². The van der Waals surface area contributed by atoms with Gasteiger partial charge in [-0.2, -0.15) is 0 Å². The first kappa shape index (κ1) is 13.7. The number of hydrogen-bond acceptors (Lipinski definition) is 5. The van der Waals surface area contributed by atoms with Crippen LogP contribution in [0, 0.1) is 0 Å². The van der Waals surface area contributed by atoms with E-state index in [2.05, 4.69) is 15.0 Å². The number of H-pyrrole nitrogens is 2. The zero-order valence-corrected chi connectivity index (χ0v) is 9.74. The van der Waals surface area contributed by atoms with E-state index < -0.39 is 23.1 Å². The highest BCUT2D eigenvalue weighted by molar-refractivity contribution is 5.83. The Bertz CT molecular complexity index is 517. The summed E-state index contributed by atoms with van der Waals surface area (Å²) in [6.45, 7) is 1.64.